The summed E-state index contributed by atoms with van der Waals surface area (Å²) in [5.74, 6) is 0.190. The van der Waals surface area contributed by atoms with E-state index in [1.165, 1.54) is 5.56 Å². The second kappa shape index (κ2) is 8.54. The van der Waals surface area contributed by atoms with Gasteiger partial charge < -0.3 is 14.9 Å². The van der Waals surface area contributed by atoms with Crippen LogP contribution in [0.25, 0.3) is 22.8 Å². The molecule has 0 saturated heterocycles. The van der Waals surface area contributed by atoms with Crippen LogP contribution in [0.2, 0.25) is 0 Å². The van der Waals surface area contributed by atoms with Gasteiger partial charge in [0, 0.05) is 23.7 Å². The van der Waals surface area contributed by atoms with Crippen LogP contribution in [0.15, 0.2) is 53.1 Å². The Morgan fingerprint density at radius 3 is 2.39 bits per heavy atom. The SMILES string of the molecule is Cc1ccc(-c2nc(-c3ccc(CNC4CC(C(=O)O)C4)cc3)no2)cc1.Cl. The lowest BCUT2D eigenvalue weighted by Crippen LogP contribution is -2.43. The van der Waals surface area contributed by atoms with Crippen molar-refractivity contribution in [3.8, 4) is 22.8 Å². The number of hydrogen-bond donors (Lipinski definition) is 2. The van der Waals surface area contributed by atoms with Crippen molar-refractivity contribution < 1.29 is 14.4 Å². The van der Waals surface area contributed by atoms with Crippen molar-refractivity contribution in [2.24, 2.45) is 5.92 Å². The first-order chi connectivity index (χ1) is 13.1. The van der Waals surface area contributed by atoms with Crippen LogP contribution in [0.4, 0.5) is 0 Å². The lowest BCUT2D eigenvalue weighted by Gasteiger charge is -2.33. The van der Waals surface area contributed by atoms with Crippen molar-refractivity contribution in [2.75, 3.05) is 0 Å². The van der Waals surface area contributed by atoms with Gasteiger partial charge in [-0.1, -0.05) is 47.1 Å². The van der Waals surface area contributed by atoms with E-state index in [0.29, 0.717) is 30.6 Å². The molecule has 146 valence electrons. The Bertz CT molecular complexity index is 932. The van der Waals surface area contributed by atoms with Crippen LogP contribution in [0.5, 0.6) is 0 Å². The summed E-state index contributed by atoms with van der Waals surface area (Å²) in [4.78, 5) is 15.3. The predicted octanol–water partition coefficient (Wildman–Crippen LogP) is 4.09. The Morgan fingerprint density at radius 2 is 1.75 bits per heavy atom. The minimum absolute atomic E-state index is 0. The maximum Gasteiger partial charge on any atom is 0.306 e. The highest BCUT2D eigenvalue weighted by Gasteiger charge is 2.33. The topological polar surface area (TPSA) is 88.2 Å². The van der Waals surface area contributed by atoms with Gasteiger partial charge in [0.05, 0.1) is 5.92 Å². The highest BCUT2D eigenvalue weighted by atomic mass is 35.5. The lowest BCUT2D eigenvalue weighted by atomic mass is 9.80. The van der Waals surface area contributed by atoms with Crippen molar-refractivity contribution >= 4 is 18.4 Å². The van der Waals surface area contributed by atoms with Gasteiger partial charge in [0.1, 0.15) is 0 Å². The fourth-order valence-electron chi connectivity index (χ4n) is 3.17. The number of carbonyl (C=O) groups is 1. The highest BCUT2D eigenvalue weighted by Crippen LogP contribution is 2.28. The van der Waals surface area contributed by atoms with E-state index >= 15 is 0 Å². The van der Waals surface area contributed by atoms with Gasteiger partial charge in [-0.05, 0) is 37.5 Å². The van der Waals surface area contributed by atoms with Crippen molar-refractivity contribution in [3.63, 3.8) is 0 Å². The quantitative estimate of drug-likeness (QED) is 0.649. The average Bonchev–Trinajstić information content (AvgIpc) is 3.11. The molecule has 0 bridgehead atoms. The van der Waals surface area contributed by atoms with E-state index < -0.39 is 5.97 Å². The fraction of sp³-hybridized carbons (Fsp3) is 0.286. The van der Waals surface area contributed by atoms with Gasteiger partial charge in [-0.3, -0.25) is 4.79 Å². The summed E-state index contributed by atoms with van der Waals surface area (Å²) in [6.45, 7) is 2.76. The molecule has 0 radical (unpaired) electrons. The molecule has 0 unspecified atom stereocenters. The first kappa shape index (κ1) is 20.0. The van der Waals surface area contributed by atoms with Crippen LogP contribution >= 0.6 is 12.4 Å². The Hall–Kier alpha value is -2.70. The molecule has 1 fully saturated rings. The molecular formula is C21H22ClN3O3. The molecule has 0 spiro atoms. The van der Waals surface area contributed by atoms with Crippen molar-refractivity contribution in [1.82, 2.24) is 15.5 Å². The molecule has 2 aromatic carbocycles. The third-order valence-corrected chi connectivity index (χ3v) is 5.02. The normalized spacial score (nSPS) is 18.2. The number of nitrogens with one attached hydrogen (secondary N) is 1. The lowest BCUT2D eigenvalue weighted by molar-refractivity contribution is -0.145. The van der Waals surface area contributed by atoms with E-state index in [2.05, 4.69) is 15.5 Å². The molecule has 0 amide bonds. The van der Waals surface area contributed by atoms with Crippen molar-refractivity contribution in [3.05, 3.63) is 59.7 Å². The smallest absolute Gasteiger partial charge is 0.306 e. The first-order valence-electron chi connectivity index (χ1n) is 9.05. The molecule has 1 aliphatic carbocycles. The Kier molecular flexibility index (Phi) is 6.11. The molecule has 1 saturated carbocycles. The van der Waals surface area contributed by atoms with E-state index in [4.69, 9.17) is 9.63 Å². The number of nitrogens with zero attached hydrogens (tertiary/aromatic N) is 2. The number of halogens is 1. The second-order valence-electron chi connectivity index (χ2n) is 7.07. The molecule has 7 heteroatoms. The number of aromatic nitrogens is 2. The number of aliphatic carboxylic acids is 1. The number of carboxylic acid groups (broad SMARTS) is 1. The van der Waals surface area contributed by atoms with Crippen LogP contribution in [0.1, 0.15) is 24.0 Å². The van der Waals surface area contributed by atoms with Crippen molar-refractivity contribution in [1.29, 1.82) is 0 Å². The Balaban J connectivity index is 0.00000225. The Labute approximate surface area is 169 Å². The molecule has 4 rings (SSSR count). The van der Waals surface area contributed by atoms with Crippen LogP contribution in [0.3, 0.4) is 0 Å². The molecule has 0 atom stereocenters. The predicted molar refractivity (Wildman–Crippen MR) is 108 cm³/mol. The van der Waals surface area contributed by atoms with Crippen LogP contribution in [0, 0.1) is 12.8 Å². The van der Waals surface area contributed by atoms with E-state index in [-0.39, 0.29) is 18.3 Å². The summed E-state index contributed by atoms with van der Waals surface area (Å²) in [5, 5.41) is 16.4. The van der Waals surface area contributed by atoms with E-state index in [1.807, 2.05) is 55.5 Å². The van der Waals surface area contributed by atoms with Gasteiger partial charge in [0.15, 0.2) is 0 Å². The number of carboxylic acids is 1. The van der Waals surface area contributed by atoms with Gasteiger partial charge in [0.25, 0.3) is 5.89 Å². The van der Waals surface area contributed by atoms with Crippen LogP contribution in [-0.2, 0) is 11.3 Å². The minimum Gasteiger partial charge on any atom is -0.481 e. The molecule has 0 aliphatic heterocycles. The number of rotatable bonds is 6. The maximum absolute atomic E-state index is 10.8. The summed E-state index contributed by atoms with van der Waals surface area (Å²) in [5.41, 5.74) is 4.12. The zero-order valence-electron chi connectivity index (χ0n) is 15.5. The zero-order chi connectivity index (χ0) is 18.8. The van der Waals surface area contributed by atoms with Crippen molar-refractivity contribution in [2.45, 2.75) is 32.4 Å². The van der Waals surface area contributed by atoms with Crippen LogP contribution < -0.4 is 5.32 Å². The molecule has 6 nitrogen and oxygen atoms in total. The third-order valence-electron chi connectivity index (χ3n) is 5.02. The van der Waals surface area contributed by atoms with Gasteiger partial charge in [-0.15, -0.1) is 12.4 Å². The first-order valence-corrected chi connectivity index (χ1v) is 9.05. The zero-order valence-corrected chi connectivity index (χ0v) is 16.3. The van der Waals surface area contributed by atoms with E-state index in [1.54, 1.807) is 0 Å². The summed E-state index contributed by atoms with van der Waals surface area (Å²) in [7, 11) is 0. The van der Waals surface area contributed by atoms with Gasteiger partial charge in [-0.25, -0.2) is 0 Å². The van der Waals surface area contributed by atoms with Crippen LogP contribution in [-0.4, -0.2) is 27.3 Å². The van der Waals surface area contributed by atoms with E-state index in [9.17, 15) is 4.79 Å². The molecule has 1 aromatic heterocycles. The fourth-order valence-corrected chi connectivity index (χ4v) is 3.17. The monoisotopic (exact) mass is 399 g/mol. The second-order valence-corrected chi connectivity index (χ2v) is 7.07. The number of aryl methyl sites for hydroxylation is 1. The standard InChI is InChI=1S/C21H21N3O3.ClH/c1-13-2-6-16(7-3-13)20-23-19(24-27-20)15-8-4-14(5-9-15)12-22-18-10-17(11-18)21(25)26;/h2-9,17-18,22H,10-12H2,1H3,(H,25,26);1H. The average molecular weight is 400 g/mol. The number of hydrogen-bond acceptors (Lipinski definition) is 5. The molecule has 2 N–H and O–H groups in total. The molecule has 3 aromatic rings. The van der Waals surface area contributed by atoms with Gasteiger partial charge in [-0.2, -0.15) is 4.98 Å². The molecule has 1 heterocycles. The summed E-state index contributed by atoms with van der Waals surface area (Å²) < 4.78 is 5.38. The highest BCUT2D eigenvalue weighted by molar-refractivity contribution is 5.85. The summed E-state index contributed by atoms with van der Waals surface area (Å²) in [6, 6.07) is 16.3. The summed E-state index contributed by atoms with van der Waals surface area (Å²) >= 11 is 0. The largest absolute Gasteiger partial charge is 0.481 e. The van der Waals surface area contributed by atoms with E-state index in [0.717, 1.165) is 23.2 Å². The number of benzene rings is 2. The molecular weight excluding hydrogens is 378 g/mol. The summed E-state index contributed by atoms with van der Waals surface area (Å²) in [6.07, 6.45) is 1.41. The van der Waals surface area contributed by atoms with Gasteiger partial charge >= 0.3 is 5.97 Å². The maximum atomic E-state index is 10.8. The van der Waals surface area contributed by atoms with Gasteiger partial charge in [0.2, 0.25) is 5.82 Å². The molecule has 28 heavy (non-hydrogen) atoms. The Morgan fingerprint density at radius 1 is 1.11 bits per heavy atom. The minimum atomic E-state index is -0.692. The molecule has 1 aliphatic rings. The third kappa shape index (κ3) is 4.40.